The van der Waals surface area contributed by atoms with Crippen LogP contribution < -0.4 is 10.1 Å². The molecule has 0 saturated carbocycles. The van der Waals surface area contributed by atoms with E-state index in [1.165, 1.54) is 20.0 Å². The molecule has 16 heavy (non-hydrogen) atoms. The molecule has 1 aromatic rings. The lowest BCUT2D eigenvalue weighted by Gasteiger charge is -2.25. The van der Waals surface area contributed by atoms with E-state index in [0.29, 0.717) is 11.8 Å². The Balaban J connectivity index is 2.31. The van der Waals surface area contributed by atoms with Gasteiger partial charge in [-0.15, -0.1) is 0 Å². The van der Waals surface area contributed by atoms with Crippen LogP contribution in [0.2, 0.25) is 0 Å². The zero-order chi connectivity index (χ0) is 11.5. The first kappa shape index (κ1) is 11.4. The van der Waals surface area contributed by atoms with E-state index in [1.54, 1.807) is 6.07 Å². The first-order valence-corrected chi connectivity index (χ1v) is 5.80. The van der Waals surface area contributed by atoms with E-state index in [2.05, 4.69) is 5.32 Å². The molecule has 88 valence electrons. The minimum absolute atomic E-state index is 0.278. The molecule has 0 aromatic heterocycles. The van der Waals surface area contributed by atoms with E-state index in [4.69, 9.17) is 4.74 Å². The fourth-order valence-electron chi connectivity index (χ4n) is 2.32. The van der Waals surface area contributed by atoms with Gasteiger partial charge in [-0.25, -0.2) is 4.39 Å². The molecule has 1 aliphatic heterocycles. The Morgan fingerprint density at radius 3 is 2.81 bits per heavy atom. The molecule has 2 nitrogen and oxygen atoms in total. The first-order chi connectivity index (χ1) is 7.72. The van der Waals surface area contributed by atoms with Crippen molar-refractivity contribution in [3.63, 3.8) is 0 Å². The number of hydrogen-bond acceptors (Lipinski definition) is 2. The van der Waals surface area contributed by atoms with Gasteiger partial charge in [0.2, 0.25) is 0 Å². The normalized spacial score (nSPS) is 20.8. The zero-order valence-corrected chi connectivity index (χ0v) is 9.85. The summed E-state index contributed by atoms with van der Waals surface area (Å²) in [7, 11) is 1.51. The number of nitrogens with one attached hydrogen (secondary N) is 1. The van der Waals surface area contributed by atoms with Gasteiger partial charge >= 0.3 is 0 Å². The monoisotopic (exact) mass is 223 g/mol. The van der Waals surface area contributed by atoms with E-state index in [1.807, 2.05) is 13.0 Å². The predicted molar refractivity (Wildman–Crippen MR) is 62.3 cm³/mol. The van der Waals surface area contributed by atoms with Gasteiger partial charge in [-0.1, -0.05) is 6.42 Å². The van der Waals surface area contributed by atoms with Crippen molar-refractivity contribution in [2.75, 3.05) is 13.7 Å². The molecule has 0 aliphatic carbocycles. The third-order valence-electron chi connectivity index (χ3n) is 3.23. The molecule has 1 atom stereocenters. The second-order valence-electron chi connectivity index (χ2n) is 4.35. The molecule has 1 aromatic carbocycles. The van der Waals surface area contributed by atoms with Crippen molar-refractivity contribution in [2.45, 2.75) is 32.2 Å². The molecule has 3 heteroatoms. The molecule has 1 fully saturated rings. The van der Waals surface area contributed by atoms with Crippen LogP contribution in [0.5, 0.6) is 5.75 Å². The fourth-order valence-corrected chi connectivity index (χ4v) is 2.32. The predicted octanol–water partition coefficient (Wildman–Crippen LogP) is 2.96. The molecule has 1 unspecified atom stereocenters. The van der Waals surface area contributed by atoms with Crippen molar-refractivity contribution in [3.05, 3.63) is 29.1 Å². The maximum atomic E-state index is 13.5. The molecule has 1 saturated heterocycles. The molecule has 0 spiro atoms. The van der Waals surface area contributed by atoms with Crippen LogP contribution in [0, 0.1) is 12.7 Å². The van der Waals surface area contributed by atoms with Gasteiger partial charge in [0, 0.05) is 6.04 Å². The first-order valence-electron chi connectivity index (χ1n) is 5.80. The number of ether oxygens (including phenoxy) is 1. The van der Waals surface area contributed by atoms with E-state index < -0.39 is 0 Å². The smallest absolute Gasteiger partial charge is 0.165 e. The number of methoxy groups -OCH3 is 1. The number of benzene rings is 1. The topological polar surface area (TPSA) is 21.3 Å². The highest BCUT2D eigenvalue weighted by atomic mass is 19.1. The minimum Gasteiger partial charge on any atom is -0.494 e. The van der Waals surface area contributed by atoms with E-state index in [-0.39, 0.29) is 5.82 Å². The zero-order valence-electron chi connectivity index (χ0n) is 9.85. The van der Waals surface area contributed by atoms with Gasteiger partial charge in [0.15, 0.2) is 11.6 Å². The number of aryl methyl sites for hydroxylation is 1. The average molecular weight is 223 g/mol. The molecular formula is C13H18FNO. The maximum Gasteiger partial charge on any atom is 0.165 e. The van der Waals surface area contributed by atoms with Gasteiger partial charge in [-0.3, -0.25) is 0 Å². The third kappa shape index (κ3) is 2.19. The summed E-state index contributed by atoms with van der Waals surface area (Å²) >= 11 is 0. The van der Waals surface area contributed by atoms with Crippen molar-refractivity contribution >= 4 is 0 Å². The van der Waals surface area contributed by atoms with Crippen LogP contribution in [0.3, 0.4) is 0 Å². The van der Waals surface area contributed by atoms with Crippen LogP contribution >= 0.6 is 0 Å². The van der Waals surface area contributed by atoms with Gasteiger partial charge in [-0.05, 0) is 49.6 Å². The average Bonchev–Trinajstić information content (AvgIpc) is 2.30. The van der Waals surface area contributed by atoms with Crippen molar-refractivity contribution < 1.29 is 9.13 Å². The highest BCUT2D eigenvalue weighted by Crippen LogP contribution is 2.30. The van der Waals surface area contributed by atoms with Crippen molar-refractivity contribution in [1.82, 2.24) is 5.32 Å². The summed E-state index contributed by atoms with van der Waals surface area (Å²) in [5, 5.41) is 3.47. The Labute approximate surface area is 95.8 Å². The van der Waals surface area contributed by atoms with Crippen molar-refractivity contribution in [1.29, 1.82) is 0 Å². The molecule has 1 aliphatic rings. The van der Waals surface area contributed by atoms with Gasteiger partial charge in [0.1, 0.15) is 0 Å². The largest absolute Gasteiger partial charge is 0.494 e. The Morgan fingerprint density at radius 2 is 2.19 bits per heavy atom. The summed E-state index contributed by atoms with van der Waals surface area (Å²) in [6.45, 7) is 3.00. The maximum absolute atomic E-state index is 13.5. The number of piperidine rings is 1. The van der Waals surface area contributed by atoms with E-state index >= 15 is 0 Å². The summed E-state index contributed by atoms with van der Waals surface area (Å²) < 4.78 is 18.5. The van der Waals surface area contributed by atoms with E-state index in [0.717, 1.165) is 24.1 Å². The highest BCUT2D eigenvalue weighted by molar-refractivity contribution is 5.38. The van der Waals surface area contributed by atoms with Gasteiger partial charge in [0.05, 0.1) is 7.11 Å². The van der Waals surface area contributed by atoms with Crippen LogP contribution in [0.15, 0.2) is 12.1 Å². The molecule has 0 amide bonds. The molecule has 1 heterocycles. The summed E-state index contributed by atoms with van der Waals surface area (Å²) in [6, 6.07) is 3.74. The van der Waals surface area contributed by atoms with Crippen LogP contribution in [0.25, 0.3) is 0 Å². The molecular weight excluding hydrogens is 205 g/mol. The molecule has 1 N–H and O–H groups in total. The fraction of sp³-hybridized carbons (Fsp3) is 0.538. The lowest BCUT2D eigenvalue weighted by atomic mass is 9.94. The Morgan fingerprint density at radius 1 is 1.38 bits per heavy atom. The van der Waals surface area contributed by atoms with Gasteiger partial charge in [-0.2, -0.15) is 0 Å². The van der Waals surface area contributed by atoms with Crippen molar-refractivity contribution in [2.24, 2.45) is 0 Å². The van der Waals surface area contributed by atoms with Crippen LogP contribution in [0.1, 0.15) is 36.4 Å². The summed E-state index contributed by atoms with van der Waals surface area (Å²) in [5.41, 5.74) is 2.16. The number of hydrogen-bond donors (Lipinski definition) is 1. The standard InChI is InChI=1S/C13H18FNO/c1-9-7-11(14)13(16-2)8-10(9)12-5-3-4-6-15-12/h7-8,12,15H,3-6H2,1-2H3. The lowest BCUT2D eigenvalue weighted by molar-refractivity contribution is 0.379. The number of halogens is 1. The quantitative estimate of drug-likeness (QED) is 0.832. The Bertz CT molecular complexity index is 372. The van der Waals surface area contributed by atoms with Crippen LogP contribution in [-0.2, 0) is 0 Å². The second-order valence-corrected chi connectivity index (χ2v) is 4.35. The summed E-state index contributed by atoms with van der Waals surface area (Å²) in [5.74, 6) is 0.0625. The third-order valence-corrected chi connectivity index (χ3v) is 3.23. The van der Waals surface area contributed by atoms with Crippen LogP contribution in [-0.4, -0.2) is 13.7 Å². The van der Waals surface area contributed by atoms with Gasteiger partial charge in [0.25, 0.3) is 0 Å². The second kappa shape index (κ2) is 4.83. The Kier molecular flexibility index (Phi) is 3.44. The van der Waals surface area contributed by atoms with Crippen molar-refractivity contribution in [3.8, 4) is 5.75 Å². The summed E-state index contributed by atoms with van der Waals surface area (Å²) in [4.78, 5) is 0. The Hall–Kier alpha value is -1.09. The lowest BCUT2D eigenvalue weighted by Crippen LogP contribution is -2.27. The number of rotatable bonds is 2. The molecule has 0 bridgehead atoms. The molecule has 2 rings (SSSR count). The highest BCUT2D eigenvalue weighted by Gasteiger charge is 2.18. The SMILES string of the molecule is COc1cc(C2CCCCN2)c(C)cc1F. The minimum atomic E-state index is -0.278. The van der Waals surface area contributed by atoms with Gasteiger partial charge < -0.3 is 10.1 Å². The molecule has 0 radical (unpaired) electrons. The van der Waals surface area contributed by atoms with E-state index in [9.17, 15) is 4.39 Å². The van der Waals surface area contributed by atoms with Crippen LogP contribution in [0.4, 0.5) is 4.39 Å². The summed E-state index contributed by atoms with van der Waals surface area (Å²) in [6.07, 6.45) is 3.58.